The molecule has 1 N–H and O–H groups in total. The van der Waals surface area contributed by atoms with Crippen molar-refractivity contribution in [2.45, 2.75) is 65.0 Å². The molecule has 5 heteroatoms. The van der Waals surface area contributed by atoms with E-state index in [0.29, 0.717) is 26.4 Å². The van der Waals surface area contributed by atoms with Crippen LogP contribution in [0.25, 0.3) is 0 Å². The lowest BCUT2D eigenvalue weighted by Crippen LogP contribution is -2.48. The van der Waals surface area contributed by atoms with Crippen LogP contribution >= 0.6 is 0 Å². The number of nitrogens with zero attached hydrogens (tertiary/aromatic N) is 2. The van der Waals surface area contributed by atoms with Gasteiger partial charge in [0.15, 0.2) is 0 Å². The van der Waals surface area contributed by atoms with Gasteiger partial charge in [0, 0.05) is 39.3 Å². The molecule has 0 aliphatic carbocycles. The van der Waals surface area contributed by atoms with Gasteiger partial charge in [-0.05, 0) is 33.6 Å². The first-order valence-corrected chi connectivity index (χ1v) is 13.0. The molecule has 0 bridgehead atoms. The number of piperazine rings is 1. The predicted molar refractivity (Wildman–Crippen MR) is 144 cm³/mol. The van der Waals surface area contributed by atoms with Crippen molar-refractivity contribution in [2.24, 2.45) is 0 Å². The van der Waals surface area contributed by atoms with Crippen molar-refractivity contribution in [2.75, 3.05) is 52.5 Å². The summed E-state index contributed by atoms with van der Waals surface area (Å²) in [6.45, 7) is 20.3. The summed E-state index contributed by atoms with van der Waals surface area (Å²) in [4.78, 5) is 4.81. The van der Waals surface area contributed by atoms with Crippen LogP contribution in [0, 0.1) is 0 Å². The van der Waals surface area contributed by atoms with E-state index >= 15 is 0 Å². The van der Waals surface area contributed by atoms with Gasteiger partial charge in [-0.2, -0.15) is 0 Å². The second kappa shape index (κ2) is 12.4. The zero-order valence-corrected chi connectivity index (χ0v) is 22.7. The fourth-order valence-electron chi connectivity index (χ4n) is 4.46. The Morgan fingerprint density at radius 1 is 0.829 bits per heavy atom. The highest BCUT2D eigenvalue weighted by Gasteiger charge is 2.23. The van der Waals surface area contributed by atoms with Gasteiger partial charge in [0.25, 0.3) is 0 Å². The molecule has 194 valence electrons. The fourth-order valence-corrected chi connectivity index (χ4v) is 4.46. The van der Waals surface area contributed by atoms with E-state index in [-0.39, 0.29) is 10.8 Å². The molecule has 1 unspecified atom stereocenters. The van der Waals surface area contributed by atoms with Crippen LogP contribution in [-0.4, -0.2) is 73.6 Å². The molecule has 0 aromatic heterocycles. The largest absolute Gasteiger partial charge is 0.491 e. The summed E-state index contributed by atoms with van der Waals surface area (Å²) < 4.78 is 11.9. The molecule has 1 atom stereocenters. The van der Waals surface area contributed by atoms with Crippen LogP contribution in [0.1, 0.15) is 58.2 Å². The average Bonchev–Trinajstić information content (AvgIpc) is 2.79. The number of β-amino-alcohol motifs (C(OH)–C–C–N with tert-alkyl or cyclic N) is 1. The minimum absolute atomic E-state index is 0.00123. The molecule has 1 aliphatic heterocycles. The smallest absolute Gasteiger partial charge is 0.123 e. The van der Waals surface area contributed by atoms with Crippen molar-refractivity contribution in [3.8, 4) is 5.75 Å². The second-order valence-electron chi connectivity index (χ2n) is 11.9. The normalized spacial score (nSPS) is 16.9. The first-order valence-electron chi connectivity index (χ1n) is 13.0. The number of hydrogen-bond donors (Lipinski definition) is 1. The van der Waals surface area contributed by atoms with Crippen LogP contribution in [0.2, 0.25) is 0 Å². The number of aliphatic hydroxyl groups is 1. The number of ether oxygens (including phenoxy) is 2. The van der Waals surface area contributed by atoms with Crippen LogP contribution in [0.15, 0.2) is 48.5 Å². The maximum Gasteiger partial charge on any atom is 0.123 e. The molecule has 2 aromatic rings. The molecule has 1 aliphatic rings. The molecule has 0 amide bonds. The van der Waals surface area contributed by atoms with Crippen LogP contribution < -0.4 is 4.74 Å². The number of benzene rings is 2. The molecule has 0 spiro atoms. The Bertz CT molecular complexity index is 894. The summed E-state index contributed by atoms with van der Waals surface area (Å²) in [5.74, 6) is 0.919. The second-order valence-corrected chi connectivity index (χ2v) is 11.9. The molecule has 2 aromatic carbocycles. The fraction of sp³-hybridized carbons (Fsp3) is 0.600. The summed E-state index contributed by atoms with van der Waals surface area (Å²) in [5, 5.41) is 10.5. The molecule has 0 saturated carbocycles. The van der Waals surface area contributed by atoms with Gasteiger partial charge in [-0.15, -0.1) is 0 Å². The van der Waals surface area contributed by atoms with E-state index < -0.39 is 6.10 Å². The molecule has 1 heterocycles. The molecule has 1 fully saturated rings. The zero-order chi connectivity index (χ0) is 25.5. The van der Waals surface area contributed by atoms with E-state index in [4.69, 9.17) is 9.47 Å². The highest BCUT2D eigenvalue weighted by molar-refractivity contribution is 5.43. The summed E-state index contributed by atoms with van der Waals surface area (Å²) in [6.07, 6.45) is -0.480. The van der Waals surface area contributed by atoms with Gasteiger partial charge in [-0.3, -0.25) is 9.80 Å². The van der Waals surface area contributed by atoms with E-state index in [2.05, 4.69) is 99.9 Å². The van der Waals surface area contributed by atoms with Crippen LogP contribution in [0.5, 0.6) is 5.75 Å². The van der Waals surface area contributed by atoms with Gasteiger partial charge < -0.3 is 14.6 Å². The molecule has 5 nitrogen and oxygen atoms in total. The average molecular weight is 483 g/mol. The standard InChI is InChI=1S/C30H46N2O3/c1-29(2,3)25-12-13-28(27(20-25)30(4,5)6)35-19-18-34-23-26(33)22-32-16-14-31(15-17-32)21-24-10-8-7-9-11-24/h7-13,20,26,33H,14-19,21-23H2,1-6H3. The lowest BCUT2D eigenvalue weighted by atomic mass is 9.80. The monoisotopic (exact) mass is 482 g/mol. The van der Waals surface area contributed by atoms with Gasteiger partial charge in [-0.1, -0.05) is 84.0 Å². The first-order chi connectivity index (χ1) is 16.5. The van der Waals surface area contributed by atoms with E-state index in [1.165, 1.54) is 16.7 Å². The summed E-state index contributed by atoms with van der Waals surface area (Å²) in [7, 11) is 0. The van der Waals surface area contributed by atoms with Gasteiger partial charge in [0.05, 0.1) is 19.3 Å². The SMILES string of the molecule is CC(C)(C)c1ccc(OCCOCC(O)CN2CCN(Cc3ccccc3)CC2)c(C(C)(C)C)c1. The predicted octanol–water partition coefficient (Wildman–Crippen LogP) is 4.86. The van der Waals surface area contributed by atoms with Crippen LogP contribution in [-0.2, 0) is 22.1 Å². The summed E-state index contributed by atoms with van der Waals surface area (Å²) >= 11 is 0. The molecule has 1 saturated heterocycles. The van der Waals surface area contributed by atoms with E-state index in [1.54, 1.807) is 0 Å². The topological polar surface area (TPSA) is 45.2 Å². The number of aliphatic hydroxyl groups excluding tert-OH is 1. The lowest BCUT2D eigenvalue weighted by molar-refractivity contribution is -0.000544. The minimum Gasteiger partial charge on any atom is -0.491 e. The van der Waals surface area contributed by atoms with Crippen molar-refractivity contribution in [3.63, 3.8) is 0 Å². The maximum absolute atomic E-state index is 10.5. The Morgan fingerprint density at radius 2 is 1.49 bits per heavy atom. The molecular weight excluding hydrogens is 436 g/mol. The Kier molecular flexibility index (Phi) is 9.77. The van der Waals surface area contributed by atoms with Gasteiger partial charge in [0.1, 0.15) is 12.4 Å². The minimum atomic E-state index is -0.480. The lowest BCUT2D eigenvalue weighted by Gasteiger charge is -2.35. The van der Waals surface area contributed by atoms with Crippen LogP contribution in [0.4, 0.5) is 0 Å². The van der Waals surface area contributed by atoms with Crippen molar-refractivity contribution in [1.82, 2.24) is 9.80 Å². The Hall–Kier alpha value is -1.92. The summed E-state index contributed by atoms with van der Waals surface area (Å²) in [5.41, 5.74) is 3.99. The zero-order valence-electron chi connectivity index (χ0n) is 22.7. The molecule has 3 rings (SSSR count). The third kappa shape index (κ3) is 8.91. The number of hydrogen-bond acceptors (Lipinski definition) is 5. The van der Waals surface area contributed by atoms with Crippen molar-refractivity contribution in [3.05, 3.63) is 65.2 Å². The quantitative estimate of drug-likeness (QED) is 0.490. The van der Waals surface area contributed by atoms with Gasteiger partial charge in [0.2, 0.25) is 0 Å². The van der Waals surface area contributed by atoms with Crippen molar-refractivity contribution >= 4 is 0 Å². The Morgan fingerprint density at radius 3 is 2.11 bits per heavy atom. The highest BCUT2D eigenvalue weighted by Crippen LogP contribution is 2.35. The van der Waals surface area contributed by atoms with Crippen molar-refractivity contribution < 1.29 is 14.6 Å². The van der Waals surface area contributed by atoms with E-state index in [0.717, 1.165) is 38.5 Å². The molecule has 35 heavy (non-hydrogen) atoms. The van der Waals surface area contributed by atoms with Gasteiger partial charge >= 0.3 is 0 Å². The molecular formula is C30H46N2O3. The Labute approximate surface area is 213 Å². The third-order valence-corrected chi connectivity index (χ3v) is 6.63. The first kappa shape index (κ1) is 27.7. The third-order valence-electron chi connectivity index (χ3n) is 6.63. The summed E-state index contributed by atoms with van der Waals surface area (Å²) in [6, 6.07) is 17.1. The van der Waals surface area contributed by atoms with Gasteiger partial charge in [-0.25, -0.2) is 0 Å². The number of rotatable bonds is 10. The highest BCUT2D eigenvalue weighted by atomic mass is 16.5. The van der Waals surface area contributed by atoms with Crippen molar-refractivity contribution in [1.29, 1.82) is 0 Å². The Balaban J connectivity index is 1.35. The van der Waals surface area contributed by atoms with E-state index in [9.17, 15) is 5.11 Å². The maximum atomic E-state index is 10.5. The molecule has 0 radical (unpaired) electrons. The van der Waals surface area contributed by atoms with E-state index in [1.807, 2.05) is 0 Å². The van der Waals surface area contributed by atoms with Crippen LogP contribution in [0.3, 0.4) is 0 Å².